The van der Waals surface area contributed by atoms with Crippen LogP contribution >= 0.6 is 0 Å². The topological polar surface area (TPSA) is 44.8 Å². The second-order valence-corrected chi connectivity index (χ2v) is 7.00. The molecule has 0 spiro atoms. The zero-order valence-corrected chi connectivity index (χ0v) is 16.0. The fraction of sp³-hybridized carbons (Fsp3) is 0.318. The molecule has 138 valence electrons. The lowest BCUT2D eigenvalue weighted by Crippen LogP contribution is -2.10. The molecule has 4 heteroatoms. The normalized spacial score (nSPS) is 11.4. The summed E-state index contributed by atoms with van der Waals surface area (Å²) in [4.78, 5) is 11.9. The molecule has 0 fully saturated rings. The molecule has 0 bridgehead atoms. The van der Waals surface area contributed by atoms with E-state index in [1.807, 2.05) is 18.2 Å². The van der Waals surface area contributed by atoms with Crippen LogP contribution in [0.2, 0.25) is 0 Å². The molecule has 26 heavy (non-hydrogen) atoms. The summed E-state index contributed by atoms with van der Waals surface area (Å²) in [5.74, 6) is 0.868. The molecule has 0 aliphatic carbocycles. The minimum Gasteiger partial charge on any atom is -0.493 e. The third-order valence-electron chi connectivity index (χ3n) is 4.02. The van der Waals surface area contributed by atoms with Crippen LogP contribution in [0.25, 0.3) is 6.08 Å². The van der Waals surface area contributed by atoms with Crippen molar-refractivity contribution in [3.63, 3.8) is 0 Å². The van der Waals surface area contributed by atoms with Crippen LogP contribution in [-0.4, -0.2) is 20.2 Å². The van der Waals surface area contributed by atoms with E-state index in [0.717, 1.165) is 11.1 Å². The van der Waals surface area contributed by atoms with E-state index in [-0.39, 0.29) is 18.0 Å². The maximum Gasteiger partial charge on any atom is 0.331 e. The summed E-state index contributed by atoms with van der Waals surface area (Å²) in [6, 6.07) is 13.6. The van der Waals surface area contributed by atoms with E-state index in [9.17, 15) is 4.79 Å². The molecule has 0 aromatic heterocycles. The molecule has 0 saturated heterocycles. The Labute approximate surface area is 155 Å². The van der Waals surface area contributed by atoms with Crippen molar-refractivity contribution in [2.45, 2.75) is 32.8 Å². The van der Waals surface area contributed by atoms with Gasteiger partial charge in [-0.15, -0.1) is 0 Å². The quantitative estimate of drug-likeness (QED) is 0.554. The van der Waals surface area contributed by atoms with Gasteiger partial charge in [0.1, 0.15) is 6.61 Å². The summed E-state index contributed by atoms with van der Waals surface area (Å²) >= 11 is 0. The molecule has 0 atom stereocenters. The molecule has 2 aromatic carbocycles. The van der Waals surface area contributed by atoms with Crippen molar-refractivity contribution in [1.29, 1.82) is 0 Å². The summed E-state index contributed by atoms with van der Waals surface area (Å²) in [6.07, 6.45) is 3.10. The smallest absolute Gasteiger partial charge is 0.331 e. The zero-order valence-electron chi connectivity index (χ0n) is 16.0. The van der Waals surface area contributed by atoms with Crippen molar-refractivity contribution >= 4 is 12.0 Å². The SMILES string of the molecule is COc1ccc(C=CC(=O)OCc2ccc(C(C)(C)C)cc2)cc1OC. The number of esters is 1. The molecular weight excluding hydrogens is 328 g/mol. The van der Waals surface area contributed by atoms with Gasteiger partial charge in [-0.1, -0.05) is 51.1 Å². The van der Waals surface area contributed by atoms with Gasteiger partial charge in [0.2, 0.25) is 0 Å². The summed E-state index contributed by atoms with van der Waals surface area (Å²) in [6.45, 7) is 6.75. The maximum absolute atomic E-state index is 11.9. The fourth-order valence-electron chi connectivity index (χ4n) is 2.42. The molecule has 0 amide bonds. The molecule has 2 rings (SSSR count). The number of methoxy groups -OCH3 is 2. The number of hydrogen-bond donors (Lipinski definition) is 0. The van der Waals surface area contributed by atoms with Crippen LogP contribution in [-0.2, 0) is 21.6 Å². The highest BCUT2D eigenvalue weighted by Crippen LogP contribution is 2.28. The third kappa shape index (κ3) is 5.38. The van der Waals surface area contributed by atoms with E-state index in [1.165, 1.54) is 11.6 Å². The van der Waals surface area contributed by atoms with Crippen LogP contribution in [0.15, 0.2) is 48.5 Å². The van der Waals surface area contributed by atoms with Crippen molar-refractivity contribution in [2.75, 3.05) is 14.2 Å². The molecular formula is C22H26O4. The number of hydrogen-bond acceptors (Lipinski definition) is 4. The van der Waals surface area contributed by atoms with Gasteiger partial charge in [0, 0.05) is 6.08 Å². The predicted octanol–water partition coefficient (Wildman–Crippen LogP) is 4.76. The third-order valence-corrected chi connectivity index (χ3v) is 4.02. The summed E-state index contributed by atoms with van der Waals surface area (Å²) in [5, 5.41) is 0. The largest absolute Gasteiger partial charge is 0.493 e. The van der Waals surface area contributed by atoms with E-state index in [0.29, 0.717) is 11.5 Å². The average Bonchev–Trinajstić information content (AvgIpc) is 2.64. The Morgan fingerprint density at radius 2 is 1.62 bits per heavy atom. The second kappa shape index (κ2) is 8.56. The van der Waals surface area contributed by atoms with Crippen LogP contribution in [0.4, 0.5) is 0 Å². The molecule has 0 unspecified atom stereocenters. The first kappa shape index (κ1) is 19.6. The highest BCUT2D eigenvalue weighted by molar-refractivity contribution is 5.87. The average molecular weight is 354 g/mol. The van der Waals surface area contributed by atoms with Crippen LogP contribution in [0.5, 0.6) is 11.5 Å². The first-order valence-corrected chi connectivity index (χ1v) is 8.50. The lowest BCUT2D eigenvalue weighted by atomic mass is 9.87. The highest BCUT2D eigenvalue weighted by atomic mass is 16.5. The van der Waals surface area contributed by atoms with E-state index < -0.39 is 0 Å². The van der Waals surface area contributed by atoms with Gasteiger partial charge in [-0.3, -0.25) is 0 Å². The van der Waals surface area contributed by atoms with Crippen molar-refractivity contribution < 1.29 is 19.0 Å². The summed E-state index contributed by atoms with van der Waals surface area (Å²) < 4.78 is 15.7. The minimum absolute atomic E-state index is 0.108. The number of carbonyl (C=O) groups excluding carboxylic acids is 1. The Morgan fingerprint density at radius 1 is 0.962 bits per heavy atom. The van der Waals surface area contributed by atoms with E-state index in [2.05, 4.69) is 32.9 Å². The molecule has 2 aromatic rings. The molecule has 0 radical (unpaired) electrons. The number of rotatable bonds is 6. The van der Waals surface area contributed by atoms with Gasteiger partial charge in [0.25, 0.3) is 0 Å². The minimum atomic E-state index is -0.389. The maximum atomic E-state index is 11.9. The first-order chi connectivity index (χ1) is 12.3. The van der Waals surface area contributed by atoms with E-state index in [4.69, 9.17) is 14.2 Å². The zero-order chi connectivity index (χ0) is 19.2. The first-order valence-electron chi connectivity index (χ1n) is 8.50. The number of carbonyl (C=O) groups is 1. The lowest BCUT2D eigenvalue weighted by molar-refractivity contribution is -0.138. The molecule has 0 aliphatic heterocycles. The standard InChI is InChI=1S/C22H26O4/c1-22(2,3)18-10-6-17(7-11-18)15-26-21(23)13-9-16-8-12-19(24-4)20(14-16)25-5/h6-14H,15H2,1-5H3. The lowest BCUT2D eigenvalue weighted by Gasteiger charge is -2.19. The predicted molar refractivity (Wildman–Crippen MR) is 104 cm³/mol. The van der Waals surface area contributed by atoms with Crippen molar-refractivity contribution in [3.05, 3.63) is 65.2 Å². The van der Waals surface area contributed by atoms with Gasteiger partial charge in [-0.2, -0.15) is 0 Å². The summed E-state index contributed by atoms with van der Waals surface area (Å²) in [7, 11) is 3.16. The Morgan fingerprint density at radius 3 is 2.19 bits per heavy atom. The van der Waals surface area contributed by atoms with Crippen molar-refractivity contribution in [2.24, 2.45) is 0 Å². The van der Waals surface area contributed by atoms with Gasteiger partial charge >= 0.3 is 5.97 Å². The van der Waals surface area contributed by atoms with Gasteiger partial charge in [-0.25, -0.2) is 4.79 Å². The molecule has 0 heterocycles. The number of benzene rings is 2. The second-order valence-electron chi connectivity index (χ2n) is 7.00. The van der Waals surface area contributed by atoms with Gasteiger partial charge < -0.3 is 14.2 Å². The monoisotopic (exact) mass is 354 g/mol. The molecule has 0 saturated carbocycles. The van der Waals surface area contributed by atoms with Gasteiger partial charge in [-0.05, 0) is 40.3 Å². The van der Waals surface area contributed by atoms with Crippen LogP contribution < -0.4 is 9.47 Å². The number of ether oxygens (including phenoxy) is 3. The Bertz CT molecular complexity index is 768. The highest BCUT2D eigenvalue weighted by Gasteiger charge is 2.12. The van der Waals surface area contributed by atoms with E-state index >= 15 is 0 Å². The van der Waals surface area contributed by atoms with Crippen LogP contribution in [0.3, 0.4) is 0 Å². The fourth-order valence-corrected chi connectivity index (χ4v) is 2.42. The molecule has 4 nitrogen and oxygen atoms in total. The molecule has 0 N–H and O–H groups in total. The van der Waals surface area contributed by atoms with Crippen LogP contribution in [0.1, 0.15) is 37.5 Å². The molecule has 0 aliphatic rings. The van der Waals surface area contributed by atoms with E-state index in [1.54, 1.807) is 32.4 Å². The summed E-state index contributed by atoms with van der Waals surface area (Å²) in [5.41, 5.74) is 3.15. The van der Waals surface area contributed by atoms with Crippen molar-refractivity contribution in [1.82, 2.24) is 0 Å². The van der Waals surface area contributed by atoms with Crippen LogP contribution in [0, 0.1) is 0 Å². The Hall–Kier alpha value is -2.75. The van der Waals surface area contributed by atoms with Crippen molar-refractivity contribution in [3.8, 4) is 11.5 Å². The van der Waals surface area contributed by atoms with Gasteiger partial charge in [0.15, 0.2) is 11.5 Å². The van der Waals surface area contributed by atoms with Gasteiger partial charge in [0.05, 0.1) is 14.2 Å². The Balaban J connectivity index is 1.93. The Kier molecular flexibility index (Phi) is 6.45.